The van der Waals surface area contributed by atoms with E-state index in [-0.39, 0.29) is 29.9 Å². The van der Waals surface area contributed by atoms with Gasteiger partial charge in [0.15, 0.2) is 5.78 Å². The molecule has 1 aliphatic carbocycles. The normalized spacial score (nSPS) is 18.6. The number of halogens is 1. The summed E-state index contributed by atoms with van der Waals surface area (Å²) in [5.74, 6) is 0.0865. The Bertz CT molecular complexity index is 1170. The summed E-state index contributed by atoms with van der Waals surface area (Å²) in [6.45, 7) is 4.59. The fourth-order valence-electron chi connectivity index (χ4n) is 6.12. The molecule has 2 aromatic rings. The Hall–Kier alpha value is -2.09. The van der Waals surface area contributed by atoms with Crippen molar-refractivity contribution in [1.82, 2.24) is 15.2 Å². The molecule has 40 heavy (non-hydrogen) atoms. The summed E-state index contributed by atoms with van der Waals surface area (Å²) in [6, 6.07) is 5.51. The van der Waals surface area contributed by atoms with E-state index in [0.717, 1.165) is 41.3 Å². The molecule has 0 spiro atoms. The van der Waals surface area contributed by atoms with Crippen molar-refractivity contribution in [3.63, 3.8) is 0 Å². The molecule has 4 rings (SSSR count). The molecule has 0 bridgehead atoms. The number of ketones is 2. The van der Waals surface area contributed by atoms with Gasteiger partial charge in [-0.3, -0.25) is 14.5 Å². The molecular formula is C32H44ClN3O3S. The summed E-state index contributed by atoms with van der Waals surface area (Å²) in [5, 5.41) is 4.76. The Morgan fingerprint density at radius 3 is 2.62 bits per heavy atom. The van der Waals surface area contributed by atoms with E-state index in [1.54, 1.807) is 6.08 Å². The number of likely N-dealkylation sites (tertiary alicyclic amines) is 1. The number of nitrogens with one attached hydrogen (secondary N) is 1. The number of hydrogen-bond acceptors (Lipinski definition) is 6. The number of piperidine rings is 1. The van der Waals surface area contributed by atoms with Crippen molar-refractivity contribution in [2.45, 2.75) is 96.4 Å². The van der Waals surface area contributed by atoms with Crippen LogP contribution < -0.4 is 5.32 Å². The molecule has 6 nitrogen and oxygen atoms in total. The van der Waals surface area contributed by atoms with Gasteiger partial charge in [-0.25, -0.2) is 4.98 Å². The van der Waals surface area contributed by atoms with Crippen molar-refractivity contribution in [2.24, 2.45) is 11.8 Å². The maximum Gasteiger partial charge on any atom is 0.224 e. The molecule has 0 radical (unpaired) electrons. The van der Waals surface area contributed by atoms with E-state index in [1.165, 1.54) is 69.6 Å². The molecule has 2 aliphatic rings. The van der Waals surface area contributed by atoms with Gasteiger partial charge in [0.2, 0.25) is 5.91 Å². The molecule has 1 aromatic carbocycles. The van der Waals surface area contributed by atoms with Crippen LogP contribution in [-0.4, -0.2) is 53.0 Å². The first-order chi connectivity index (χ1) is 19.4. The Kier molecular flexibility index (Phi) is 12.2. The highest BCUT2D eigenvalue weighted by Crippen LogP contribution is 2.30. The van der Waals surface area contributed by atoms with Crippen molar-refractivity contribution >= 4 is 50.6 Å². The van der Waals surface area contributed by atoms with Gasteiger partial charge in [-0.05, 0) is 75.9 Å². The number of hydrogen-bond donors (Lipinski definition) is 1. The van der Waals surface area contributed by atoms with E-state index in [0.29, 0.717) is 30.2 Å². The van der Waals surface area contributed by atoms with Gasteiger partial charge in [-0.1, -0.05) is 56.2 Å². The summed E-state index contributed by atoms with van der Waals surface area (Å²) >= 11 is 7.67. The Balaban J connectivity index is 1.37. The molecule has 1 aromatic heterocycles. The van der Waals surface area contributed by atoms with Crippen LogP contribution in [0, 0.1) is 11.8 Å². The average molecular weight is 586 g/mol. The summed E-state index contributed by atoms with van der Waals surface area (Å²) < 4.78 is 0.978. The van der Waals surface area contributed by atoms with Gasteiger partial charge in [0.25, 0.3) is 0 Å². The first-order valence-electron chi connectivity index (χ1n) is 15.1. The van der Waals surface area contributed by atoms with Gasteiger partial charge in [0.1, 0.15) is 5.78 Å². The molecule has 1 saturated carbocycles. The highest BCUT2D eigenvalue weighted by Gasteiger charge is 2.27. The zero-order chi connectivity index (χ0) is 28.3. The summed E-state index contributed by atoms with van der Waals surface area (Å²) in [5.41, 5.74) is 0.855. The quantitative estimate of drug-likeness (QED) is 0.243. The predicted molar refractivity (Wildman–Crippen MR) is 164 cm³/mol. The molecular weight excluding hydrogens is 542 g/mol. The number of allylic oxidation sites excluding steroid dienone is 1. The van der Waals surface area contributed by atoms with Crippen LogP contribution in [0.3, 0.4) is 0 Å². The first kappa shape index (κ1) is 30.9. The number of fused-ring (bicyclic) bond motifs is 1. The van der Waals surface area contributed by atoms with Crippen molar-refractivity contribution < 1.29 is 14.4 Å². The van der Waals surface area contributed by atoms with Crippen LogP contribution in [-0.2, 0) is 20.8 Å². The molecule has 1 saturated heterocycles. The second kappa shape index (κ2) is 15.8. The maximum atomic E-state index is 13.6. The largest absolute Gasteiger partial charge is 0.353 e. The van der Waals surface area contributed by atoms with Crippen LogP contribution in [0.1, 0.15) is 89.0 Å². The predicted octanol–water partition coefficient (Wildman–Crippen LogP) is 6.93. The number of nitrogens with zero attached hydrogens (tertiary/aromatic N) is 2. The SMILES string of the molecule is CC(=O)C[C@@H](Cc1nc2ccc(Cl)cc2s1)C(=O)N[C@H](CCC(=O)/C=C/CN1CCCCC1)CC1CCCCC1. The van der Waals surface area contributed by atoms with Crippen molar-refractivity contribution in [3.05, 3.63) is 40.4 Å². The third kappa shape index (κ3) is 10.1. The molecule has 0 unspecified atom stereocenters. The fraction of sp³-hybridized carbons (Fsp3) is 0.625. The van der Waals surface area contributed by atoms with Crippen molar-refractivity contribution in [1.29, 1.82) is 0 Å². The van der Waals surface area contributed by atoms with Crippen LogP contribution in [0.5, 0.6) is 0 Å². The number of rotatable bonds is 14. The minimum absolute atomic E-state index is 0.0119. The van der Waals surface area contributed by atoms with Gasteiger partial charge < -0.3 is 10.1 Å². The van der Waals surface area contributed by atoms with Crippen LogP contribution in [0.15, 0.2) is 30.4 Å². The van der Waals surface area contributed by atoms with Crippen LogP contribution in [0.4, 0.5) is 0 Å². The second-order valence-electron chi connectivity index (χ2n) is 11.7. The molecule has 2 atom stereocenters. The van der Waals surface area contributed by atoms with E-state index in [2.05, 4.69) is 10.2 Å². The first-order valence-corrected chi connectivity index (χ1v) is 16.3. The lowest BCUT2D eigenvalue weighted by molar-refractivity contribution is -0.129. The lowest BCUT2D eigenvalue weighted by Gasteiger charge is -2.28. The fourth-order valence-corrected chi connectivity index (χ4v) is 7.44. The van der Waals surface area contributed by atoms with Crippen LogP contribution in [0.2, 0.25) is 5.02 Å². The molecule has 2 fully saturated rings. The number of amides is 1. The zero-order valence-electron chi connectivity index (χ0n) is 23.8. The number of aromatic nitrogens is 1. The monoisotopic (exact) mass is 585 g/mol. The van der Waals surface area contributed by atoms with E-state index in [1.807, 2.05) is 24.3 Å². The second-order valence-corrected chi connectivity index (χ2v) is 13.3. The highest BCUT2D eigenvalue weighted by atomic mass is 35.5. The molecule has 8 heteroatoms. The molecule has 2 heterocycles. The van der Waals surface area contributed by atoms with Gasteiger partial charge in [0, 0.05) is 36.9 Å². The van der Waals surface area contributed by atoms with Gasteiger partial charge in [-0.15, -0.1) is 11.3 Å². The Labute approximate surface area is 247 Å². The van der Waals surface area contributed by atoms with Crippen LogP contribution in [0.25, 0.3) is 10.2 Å². The third-order valence-electron chi connectivity index (χ3n) is 8.26. The average Bonchev–Trinajstić information content (AvgIpc) is 3.33. The van der Waals surface area contributed by atoms with Crippen molar-refractivity contribution in [2.75, 3.05) is 19.6 Å². The number of carbonyl (C=O) groups excluding carboxylic acids is 3. The summed E-state index contributed by atoms with van der Waals surface area (Å²) in [6.07, 6.45) is 16.1. The van der Waals surface area contributed by atoms with E-state index in [4.69, 9.17) is 16.6 Å². The van der Waals surface area contributed by atoms with Gasteiger partial charge in [-0.2, -0.15) is 0 Å². The topological polar surface area (TPSA) is 79.4 Å². The summed E-state index contributed by atoms with van der Waals surface area (Å²) in [7, 11) is 0. The minimum Gasteiger partial charge on any atom is -0.353 e. The Morgan fingerprint density at radius 1 is 1.12 bits per heavy atom. The van der Waals surface area contributed by atoms with Gasteiger partial charge >= 0.3 is 0 Å². The molecule has 1 aliphatic heterocycles. The maximum absolute atomic E-state index is 13.6. The third-order valence-corrected chi connectivity index (χ3v) is 9.54. The molecule has 218 valence electrons. The van der Waals surface area contributed by atoms with E-state index < -0.39 is 5.92 Å². The number of Topliss-reactive ketones (excluding diaryl/α,β-unsaturated/α-hetero) is 1. The molecule has 1 N–H and O–H groups in total. The van der Waals surface area contributed by atoms with E-state index in [9.17, 15) is 14.4 Å². The van der Waals surface area contributed by atoms with Crippen LogP contribution >= 0.6 is 22.9 Å². The number of benzene rings is 1. The van der Waals surface area contributed by atoms with Crippen molar-refractivity contribution in [3.8, 4) is 0 Å². The zero-order valence-corrected chi connectivity index (χ0v) is 25.4. The van der Waals surface area contributed by atoms with Gasteiger partial charge in [0.05, 0.1) is 21.1 Å². The lowest BCUT2D eigenvalue weighted by atomic mass is 9.83. The standard InChI is InChI=1S/C32H44ClN3O3S/c1-23(37)19-25(21-31-35-29-15-12-26(33)22-30(29)40-31)32(39)34-27(20-24-9-4-2-5-10-24)13-14-28(38)11-8-18-36-16-6-3-7-17-36/h8,11-12,15,22,24-25,27H,2-7,9-10,13-14,16-21H2,1H3,(H,34,39)/b11-8+/t25-,27+/m0/s1. The Morgan fingerprint density at radius 2 is 1.88 bits per heavy atom. The lowest BCUT2D eigenvalue weighted by Crippen LogP contribution is -2.41. The highest BCUT2D eigenvalue weighted by molar-refractivity contribution is 7.18. The minimum atomic E-state index is -0.484. The molecule has 1 amide bonds. The smallest absolute Gasteiger partial charge is 0.224 e. The number of carbonyl (C=O) groups is 3. The number of thiazole rings is 1. The summed E-state index contributed by atoms with van der Waals surface area (Å²) in [4.78, 5) is 45.5. The van der Waals surface area contributed by atoms with E-state index >= 15 is 0 Å².